The van der Waals surface area contributed by atoms with Gasteiger partial charge >= 0.3 is 5.97 Å². The Morgan fingerprint density at radius 2 is 2.18 bits per heavy atom. The summed E-state index contributed by atoms with van der Waals surface area (Å²) in [6.07, 6.45) is 8.21. The van der Waals surface area contributed by atoms with E-state index in [1.165, 1.54) is 12.0 Å². The van der Waals surface area contributed by atoms with Crippen molar-refractivity contribution in [2.75, 3.05) is 31.6 Å². The van der Waals surface area contributed by atoms with Crippen molar-refractivity contribution in [3.63, 3.8) is 0 Å². The number of hydrogen-bond acceptors (Lipinski definition) is 5. The minimum absolute atomic E-state index is 0.0860. The van der Waals surface area contributed by atoms with Gasteiger partial charge < -0.3 is 19.7 Å². The Kier molecular flexibility index (Phi) is 6.83. The minimum Gasteiger partial charge on any atom is -0.480 e. The SMILES string of the molecule is Cn1ccc2c(C(C(=O)O)N3CCC(OCCCCc4ccc5c(n4)NCCC5)C3)cccc21. The quantitative estimate of drug-likeness (QED) is 0.465. The number of rotatable bonds is 9. The molecule has 2 aliphatic rings. The van der Waals surface area contributed by atoms with Gasteiger partial charge in [-0.15, -0.1) is 0 Å². The molecule has 3 aromatic rings. The maximum Gasteiger partial charge on any atom is 0.325 e. The number of benzene rings is 1. The molecule has 1 fully saturated rings. The van der Waals surface area contributed by atoms with Gasteiger partial charge in [0.25, 0.3) is 0 Å². The van der Waals surface area contributed by atoms with Crippen LogP contribution in [0.15, 0.2) is 42.6 Å². The third-order valence-electron chi connectivity index (χ3n) is 7.16. The molecule has 0 spiro atoms. The molecular weight excluding hydrogens is 428 g/mol. The normalized spacial score (nSPS) is 19.1. The predicted octanol–water partition coefficient (Wildman–Crippen LogP) is 4.17. The van der Waals surface area contributed by atoms with Gasteiger partial charge in [-0.3, -0.25) is 9.69 Å². The summed E-state index contributed by atoms with van der Waals surface area (Å²) in [6.45, 7) is 3.10. The molecule has 1 aromatic carbocycles. The number of aromatic nitrogens is 2. The summed E-state index contributed by atoms with van der Waals surface area (Å²) in [5.74, 6) is 0.259. The van der Waals surface area contributed by atoms with Crippen LogP contribution in [-0.2, 0) is 29.4 Å². The van der Waals surface area contributed by atoms with Crippen molar-refractivity contribution in [2.24, 2.45) is 7.05 Å². The number of carboxylic acids is 1. The van der Waals surface area contributed by atoms with E-state index in [1.807, 2.05) is 42.1 Å². The van der Waals surface area contributed by atoms with Crippen LogP contribution in [0.3, 0.4) is 0 Å². The standard InChI is InChI=1S/C27H34N4O3/c1-30-15-13-22-23(8-4-9-24(22)30)25(27(32)33)31-16-12-21(18-31)34-17-3-2-7-20-11-10-19-6-5-14-28-26(19)29-20/h4,8-11,13,15,21,25H,2-3,5-7,12,14,16-18H2,1H3,(H,28,29)(H,32,33). The molecule has 2 unspecified atom stereocenters. The second-order valence-electron chi connectivity index (χ2n) is 9.52. The Hall–Kier alpha value is -2.90. The summed E-state index contributed by atoms with van der Waals surface area (Å²) < 4.78 is 8.18. The van der Waals surface area contributed by atoms with Gasteiger partial charge in [0.15, 0.2) is 0 Å². The number of carboxylic acid groups (broad SMARTS) is 1. The Morgan fingerprint density at radius 1 is 1.26 bits per heavy atom. The van der Waals surface area contributed by atoms with Crippen LogP contribution in [0.1, 0.15) is 48.5 Å². The van der Waals surface area contributed by atoms with Gasteiger partial charge in [0.2, 0.25) is 0 Å². The number of ether oxygens (including phenoxy) is 1. The van der Waals surface area contributed by atoms with Gasteiger partial charge in [-0.05, 0) is 67.9 Å². The summed E-state index contributed by atoms with van der Waals surface area (Å²) in [4.78, 5) is 19.1. The van der Waals surface area contributed by atoms with Gasteiger partial charge in [-0.25, -0.2) is 4.98 Å². The first-order valence-electron chi connectivity index (χ1n) is 12.5. The first-order chi connectivity index (χ1) is 16.6. The summed E-state index contributed by atoms with van der Waals surface area (Å²) >= 11 is 0. The molecule has 2 N–H and O–H groups in total. The summed E-state index contributed by atoms with van der Waals surface area (Å²) in [5, 5.41) is 14.5. The van der Waals surface area contributed by atoms with E-state index in [9.17, 15) is 9.90 Å². The lowest BCUT2D eigenvalue weighted by Gasteiger charge is -2.25. The topological polar surface area (TPSA) is 79.6 Å². The molecule has 7 heteroatoms. The molecule has 34 heavy (non-hydrogen) atoms. The van der Waals surface area contributed by atoms with Crippen LogP contribution in [0.4, 0.5) is 5.82 Å². The van der Waals surface area contributed by atoms with Crippen LogP contribution in [0, 0.1) is 0 Å². The predicted molar refractivity (Wildman–Crippen MR) is 133 cm³/mol. The van der Waals surface area contributed by atoms with Crippen molar-refractivity contribution in [3.8, 4) is 0 Å². The van der Waals surface area contributed by atoms with Gasteiger partial charge in [0.05, 0.1) is 6.10 Å². The average Bonchev–Trinajstić information content (AvgIpc) is 3.46. The lowest BCUT2D eigenvalue weighted by atomic mass is 10.0. The zero-order valence-corrected chi connectivity index (χ0v) is 19.9. The van der Waals surface area contributed by atoms with Crippen molar-refractivity contribution in [1.82, 2.24) is 14.5 Å². The second kappa shape index (κ2) is 10.2. The number of anilines is 1. The van der Waals surface area contributed by atoms with Crippen LogP contribution in [0.25, 0.3) is 10.9 Å². The third-order valence-corrected chi connectivity index (χ3v) is 7.16. The summed E-state index contributed by atoms with van der Waals surface area (Å²) in [5.41, 5.74) is 4.38. The first kappa shape index (κ1) is 22.9. The van der Waals surface area contributed by atoms with Crippen LogP contribution >= 0.6 is 0 Å². The molecule has 7 nitrogen and oxygen atoms in total. The van der Waals surface area contributed by atoms with E-state index in [-0.39, 0.29) is 6.10 Å². The molecule has 4 heterocycles. The molecule has 5 rings (SSSR count). The average molecular weight is 463 g/mol. The number of nitrogens with zero attached hydrogens (tertiary/aromatic N) is 3. The van der Waals surface area contributed by atoms with Crippen molar-refractivity contribution in [2.45, 2.75) is 50.7 Å². The molecule has 0 aliphatic carbocycles. The number of fused-ring (bicyclic) bond motifs is 2. The first-order valence-corrected chi connectivity index (χ1v) is 12.5. The number of unbranched alkanes of at least 4 members (excludes halogenated alkanes) is 1. The van der Waals surface area contributed by atoms with E-state index in [1.54, 1.807) is 0 Å². The molecule has 2 atom stereocenters. The van der Waals surface area contributed by atoms with Crippen molar-refractivity contribution >= 4 is 22.7 Å². The number of likely N-dealkylation sites (tertiary alicyclic amines) is 1. The van der Waals surface area contributed by atoms with Gasteiger partial charge in [-0.2, -0.15) is 0 Å². The van der Waals surface area contributed by atoms with Crippen molar-refractivity contribution < 1.29 is 14.6 Å². The molecular formula is C27H34N4O3. The fourth-order valence-corrected chi connectivity index (χ4v) is 5.34. The van der Waals surface area contributed by atoms with E-state index in [0.717, 1.165) is 73.2 Å². The molecule has 0 bridgehead atoms. The highest BCUT2D eigenvalue weighted by Crippen LogP contribution is 2.32. The molecule has 180 valence electrons. The minimum atomic E-state index is -0.802. The highest BCUT2D eigenvalue weighted by molar-refractivity contribution is 5.89. The van der Waals surface area contributed by atoms with E-state index < -0.39 is 12.0 Å². The van der Waals surface area contributed by atoms with E-state index in [4.69, 9.17) is 9.72 Å². The van der Waals surface area contributed by atoms with Crippen molar-refractivity contribution in [3.05, 3.63) is 59.4 Å². The molecule has 0 saturated carbocycles. The zero-order chi connectivity index (χ0) is 23.5. The van der Waals surface area contributed by atoms with Crippen LogP contribution in [0.2, 0.25) is 0 Å². The number of hydrogen-bond donors (Lipinski definition) is 2. The number of aliphatic carboxylic acids is 1. The van der Waals surface area contributed by atoms with Gasteiger partial charge in [0.1, 0.15) is 11.9 Å². The van der Waals surface area contributed by atoms with E-state index >= 15 is 0 Å². The van der Waals surface area contributed by atoms with Crippen LogP contribution in [-0.4, -0.2) is 57.9 Å². The molecule has 1 saturated heterocycles. The van der Waals surface area contributed by atoms with Crippen LogP contribution < -0.4 is 5.32 Å². The second-order valence-corrected chi connectivity index (χ2v) is 9.52. The van der Waals surface area contributed by atoms with Gasteiger partial charge in [-0.1, -0.05) is 18.2 Å². The molecule has 2 aliphatic heterocycles. The fraction of sp³-hybridized carbons (Fsp3) is 0.481. The molecule has 0 amide bonds. The third kappa shape index (κ3) is 4.81. The zero-order valence-electron chi connectivity index (χ0n) is 19.9. The Balaban J connectivity index is 1.12. The Morgan fingerprint density at radius 3 is 3.06 bits per heavy atom. The summed E-state index contributed by atoms with van der Waals surface area (Å²) in [7, 11) is 1.99. The fourth-order valence-electron chi connectivity index (χ4n) is 5.34. The summed E-state index contributed by atoms with van der Waals surface area (Å²) in [6, 6.07) is 11.7. The largest absolute Gasteiger partial charge is 0.480 e. The maximum atomic E-state index is 12.3. The maximum absolute atomic E-state index is 12.3. The smallest absolute Gasteiger partial charge is 0.325 e. The number of aryl methyl sites for hydroxylation is 3. The van der Waals surface area contributed by atoms with Crippen molar-refractivity contribution in [1.29, 1.82) is 0 Å². The lowest BCUT2D eigenvalue weighted by Crippen LogP contribution is -2.33. The lowest BCUT2D eigenvalue weighted by molar-refractivity contribution is -0.143. The molecule has 0 radical (unpaired) electrons. The highest BCUT2D eigenvalue weighted by Gasteiger charge is 2.35. The van der Waals surface area contributed by atoms with E-state index in [0.29, 0.717) is 13.2 Å². The number of nitrogens with one attached hydrogen (secondary N) is 1. The monoisotopic (exact) mass is 462 g/mol. The van der Waals surface area contributed by atoms with E-state index in [2.05, 4.69) is 22.3 Å². The Bertz CT molecular complexity index is 1160. The number of pyridine rings is 1. The van der Waals surface area contributed by atoms with Crippen LogP contribution in [0.5, 0.6) is 0 Å². The molecule has 2 aromatic heterocycles. The van der Waals surface area contributed by atoms with Gasteiger partial charge in [0, 0.05) is 56.1 Å². The number of carbonyl (C=O) groups is 1. The highest BCUT2D eigenvalue weighted by atomic mass is 16.5. The Labute approximate surface area is 200 Å².